The number of fused-ring (bicyclic) bond motifs is 4. The Morgan fingerprint density at radius 2 is 2.00 bits per heavy atom. The minimum atomic E-state index is -0.385. The Balaban J connectivity index is 1.53. The molecule has 3 aliphatic rings. The van der Waals surface area contributed by atoms with Crippen LogP contribution in [0.4, 0.5) is 0 Å². The lowest BCUT2D eigenvalue weighted by Gasteiger charge is -2.47. The summed E-state index contributed by atoms with van der Waals surface area (Å²) < 4.78 is 10.8. The molecule has 4 heterocycles. The van der Waals surface area contributed by atoms with Crippen LogP contribution in [0.1, 0.15) is 29.6 Å². The molecule has 24 heavy (non-hydrogen) atoms. The van der Waals surface area contributed by atoms with Gasteiger partial charge in [0.2, 0.25) is 0 Å². The second-order valence-electron chi connectivity index (χ2n) is 6.94. The fourth-order valence-corrected chi connectivity index (χ4v) is 3.91. The van der Waals surface area contributed by atoms with Gasteiger partial charge in [-0.1, -0.05) is 0 Å². The third-order valence-electron chi connectivity index (χ3n) is 5.57. The smallest absolute Gasteiger partial charge is 0.340 e. The average molecular weight is 330 g/mol. The van der Waals surface area contributed by atoms with Crippen molar-refractivity contribution >= 4 is 16.9 Å². The summed E-state index contributed by atoms with van der Waals surface area (Å²) in [5, 5.41) is 10.7. The van der Waals surface area contributed by atoms with E-state index in [0.29, 0.717) is 28.8 Å². The number of aromatic nitrogens is 1. The van der Waals surface area contributed by atoms with E-state index < -0.39 is 0 Å². The Kier molecular flexibility index (Phi) is 3.64. The number of nitrogens with one attached hydrogen (secondary N) is 1. The number of carbonyl (C=O) groups is 1. The molecule has 128 valence electrons. The SMILES string of the molecule is COc1cc(O)c2c(C(=O)OCC34CCN(CC3)CC4)c[nH]c2c1. The number of hydrogen-bond acceptors (Lipinski definition) is 5. The van der Waals surface area contributed by atoms with Crippen LogP contribution < -0.4 is 4.74 Å². The van der Waals surface area contributed by atoms with Gasteiger partial charge in [-0.15, -0.1) is 0 Å². The lowest BCUT2D eigenvalue weighted by atomic mass is 9.73. The van der Waals surface area contributed by atoms with Gasteiger partial charge in [-0.2, -0.15) is 0 Å². The lowest BCUT2D eigenvalue weighted by molar-refractivity contribution is -0.0304. The highest BCUT2D eigenvalue weighted by atomic mass is 16.5. The Labute approximate surface area is 140 Å². The predicted molar refractivity (Wildman–Crippen MR) is 89.5 cm³/mol. The molecular weight excluding hydrogens is 308 g/mol. The number of phenols is 1. The first-order chi connectivity index (χ1) is 11.6. The zero-order valence-corrected chi connectivity index (χ0v) is 13.8. The van der Waals surface area contributed by atoms with E-state index in [-0.39, 0.29) is 17.1 Å². The minimum Gasteiger partial charge on any atom is -0.507 e. The Morgan fingerprint density at radius 1 is 1.29 bits per heavy atom. The van der Waals surface area contributed by atoms with Crippen LogP contribution in [0.3, 0.4) is 0 Å². The molecule has 0 unspecified atom stereocenters. The highest BCUT2D eigenvalue weighted by molar-refractivity contribution is 6.07. The van der Waals surface area contributed by atoms with Crippen molar-refractivity contribution in [1.82, 2.24) is 9.88 Å². The molecule has 0 atom stereocenters. The molecular formula is C18H22N2O4. The average Bonchev–Trinajstić information content (AvgIpc) is 3.06. The van der Waals surface area contributed by atoms with Gasteiger partial charge in [0.15, 0.2) is 0 Å². The molecule has 0 radical (unpaired) electrons. The molecule has 0 aliphatic carbocycles. The van der Waals surface area contributed by atoms with Gasteiger partial charge in [-0.25, -0.2) is 4.79 Å². The van der Waals surface area contributed by atoms with E-state index in [1.54, 1.807) is 12.3 Å². The normalized spacial score (nSPS) is 25.8. The number of hydrogen-bond donors (Lipinski definition) is 2. The van der Waals surface area contributed by atoms with Crippen LogP contribution in [-0.4, -0.2) is 54.3 Å². The number of piperidine rings is 3. The Morgan fingerprint density at radius 3 is 2.67 bits per heavy atom. The van der Waals surface area contributed by atoms with E-state index in [0.717, 1.165) is 38.9 Å². The van der Waals surface area contributed by atoms with Crippen molar-refractivity contribution < 1.29 is 19.4 Å². The molecule has 5 rings (SSSR count). The van der Waals surface area contributed by atoms with E-state index in [9.17, 15) is 9.90 Å². The van der Waals surface area contributed by atoms with Crippen LogP contribution in [-0.2, 0) is 4.74 Å². The van der Waals surface area contributed by atoms with Gasteiger partial charge in [0.1, 0.15) is 11.5 Å². The highest BCUT2D eigenvalue weighted by Gasteiger charge is 2.40. The van der Waals surface area contributed by atoms with Gasteiger partial charge in [-0.3, -0.25) is 0 Å². The van der Waals surface area contributed by atoms with E-state index in [4.69, 9.17) is 9.47 Å². The topological polar surface area (TPSA) is 74.8 Å². The van der Waals surface area contributed by atoms with Gasteiger partial charge in [0.25, 0.3) is 0 Å². The predicted octanol–water partition coefficient (Wildman–Crippen LogP) is 2.52. The van der Waals surface area contributed by atoms with E-state index in [1.165, 1.54) is 13.2 Å². The van der Waals surface area contributed by atoms with Crippen LogP contribution >= 0.6 is 0 Å². The summed E-state index contributed by atoms with van der Waals surface area (Å²) in [6.07, 6.45) is 4.87. The summed E-state index contributed by atoms with van der Waals surface area (Å²) >= 11 is 0. The molecule has 2 bridgehead atoms. The summed E-state index contributed by atoms with van der Waals surface area (Å²) in [4.78, 5) is 18.0. The summed E-state index contributed by atoms with van der Waals surface area (Å²) in [5.74, 6) is 0.167. The molecule has 0 spiro atoms. The highest BCUT2D eigenvalue weighted by Crippen LogP contribution is 2.40. The van der Waals surface area contributed by atoms with Crippen molar-refractivity contribution in [3.8, 4) is 11.5 Å². The lowest BCUT2D eigenvalue weighted by Crippen LogP contribution is -2.50. The molecule has 3 saturated heterocycles. The summed E-state index contributed by atoms with van der Waals surface area (Å²) in [7, 11) is 1.54. The largest absolute Gasteiger partial charge is 0.507 e. The first-order valence-electron chi connectivity index (χ1n) is 8.38. The maximum Gasteiger partial charge on any atom is 0.340 e. The zero-order valence-electron chi connectivity index (χ0n) is 13.8. The van der Waals surface area contributed by atoms with E-state index >= 15 is 0 Å². The molecule has 1 aromatic carbocycles. The maximum atomic E-state index is 12.5. The van der Waals surface area contributed by atoms with Crippen molar-refractivity contribution in [1.29, 1.82) is 0 Å². The third kappa shape index (κ3) is 2.51. The molecule has 0 saturated carbocycles. The number of ether oxygens (including phenoxy) is 2. The first-order valence-corrected chi connectivity index (χ1v) is 8.38. The monoisotopic (exact) mass is 330 g/mol. The molecule has 2 aromatic rings. The number of benzene rings is 1. The van der Waals surface area contributed by atoms with Crippen molar-refractivity contribution in [2.24, 2.45) is 5.41 Å². The second kappa shape index (κ2) is 5.70. The van der Waals surface area contributed by atoms with Gasteiger partial charge in [0.05, 0.1) is 30.2 Å². The number of aromatic amines is 1. The molecule has 0 amide bonds. The Hall–Kier alpha value is -2.21. The quantitative estimate of drug-likeness (QED) is 0.843. The number of nitrogens with zero attached hydrogens (tertiary/aromatic N) is 1. The van der Waals surface area contributed by atoms with Crippen molar-refractivity contribution in [2.45, 2.75) is 19.3 Å². The molecule has 2 N–H and O–H groups in total. The molecule has 6 heteroatoms. The molecule has 3 aliphatic heterocycles. The number of H-pyrrole nitrogens is 1. The number of phenolic OH excluding ortho intramolecular Hbond substituents is 1. The van der Waals surface area contributed by atoms with Crippen LogP contribution in [0.25, 0.3) is 10.9 Å². The summed E-state index contributed by atoms with van der Waals surface area (Å²) in [5.41, 5.74) is 1.17. The second-order valence-corrected chi connectivity index (χ2v) is 6.94. The molecule has 3 fully saturated rings. The third-order valence-corrected chi connectivity index (χ3v) is 5.57. The van der Waals surface area contributed by atoms with Crippen molar-refractivity contribution in [3.05, 3.63) is 23.9 Å². The van der Waals surface area contributed by atoms with Crippen LogP contribution in [0.15, 0.2) is 18.3 Å². The summed E-state index contributed by atoms with van der Waals surface area (Å²) in [6, 6.07) is 3.25. The van der Waals surface area contributed by atoms with Gasteiger partial charge >= 0.3 is 5.97 Å². The van der Waals surface area contributed by atoms with Crippen LogP contribution in [0, 0.1) is 5.41 Å². The zero-order chi connectivity index (χ0) is 16.7. The van der Waals surface area contributed by atoms with Crippen molar-refractivity contribution in [3.63, 3.8) is 0 Å². The number of esters is 1. The van der Waals surface area contributed by atoms with Crippen molar-refractivity contribution in [2.75, 3.05) is 33.4 Å². The Bertz CT molecular complexity index is 761. The molecule has 6 nitrogen and oxygen atoms in total. The van der Waals surface area contributed by atoms with Crippen LogP contribution in [0.5, 0.6) is 11.5 Å². The van der Waals surface area contributed by atoms with E-state index in [2.05, 4.69) is 9.88 Å². The van der Waals surface area contributed by atoms with Gasteiger partial charge < -0.3 is 24.5 Å². The number of carbonyl (C=O) groups excluding carboxylic acids is 1. The maximum absolute atomic E-state index is 12.5. The number of rotatable bonds is 4. The summed E-state index contributed by atoms with van der Waals surface area (Å²) in [6.45, 7) is 3.77. The standard InChI is InChI=1S/C18H22N2O4/c1-23-12-8-14-16(15(21)9-12)13(10-19-14)17(22)24-11-18-2-5-20(6-3-18)7-4-18/h8-10,19,21H,2-7,11H2,1H3. The van der Waals surface area contributed by atoms with E-state index in [1.807, 2.05) is 0 Å². The number of aromatic hydroxyl groups is 1. The molecule has 1 aromatic heterocycles. The van der Waals surface area contributed by atoms with Gasteiger partial charge in [0, 0.05) is 23.7 Å². The first kappa shape index (κ1) is 15.3. The number of methoxy groups -OCH3 is 1. The van der Waals surface area contributed by atoms with Crippen LogP contribution in [0.2, 0.25) is 0 Å². The van der Waals surface area contributed by atoms with Gasteiger partial charge in [-0.05, 0) is 38.9 Å². The minimum absolute atomic E-state index is 0.0155. The fraction of sp³-hybridized carbons (Fsp3) is 0.500. The fourth-order valence-electron chi connectivity index (χ4n) is 3.91.